The van der Waals surface area contributed by atoms with E-state index in [1.807, 2.05) is 13.8 Å². The van der Waals surface area contributed by atoms with Crippen molar-refractivity contribution in [3.05, 3.63) is 58.4 Å². The minimum absolute atomic E-state index is 0.0424. The zero-order valence-corrected chi connectivity index (χ0v) is 12.6. The first-order valence-electron chi connectivity index (χ1n) is 7.56. The molecule has 1 heterocycles. The summed E-state index contributed by atoms with van der Waals surface area (Å²) in [6, 6.07) is 10.8. The van der Waals surface area contributed by atoms with Gasteiger partial charge in [-0.05, 0) is 55.4 Å². The maximum absolute atomic E-state index is 5.83. The molecule has 3 N–H and O–H groups in total. The third-order valence-electron chi connectivity index (χ3n) is 4.44. The van der Waals surface area contributed by atoms with Crippen LogP contribution in [0.25, 0.3) is 0 Å². The smallest absolute Gasteiger partial charge is 0.0729 e. The van der Waals surface area contributed by atoms with Crippen molar-refractivity contribution in [3.8, 4) is 0 Å². The Morgan fingerprint density at radius 3 is 2.67 bits per heavy atom. The minimum Gasteiger partial charge on any atom is -0.271 e. The summed E-state index contributed by atoms with van der Waals surface area (Å²) in [4.78, 5) is 0. The van der Waals surface area contributed by atoms with Crippen LogP contribution in [0, 0.1) is 13.8 Å². The van der Waals surface area contributed by atoms with Crippen LogP contribution < -0.4 is 11.3 Å². The Labute approximate surface area is 125 Å². The highest BCUT2D eigenvalue weighted by Gasteiger charge is 2.22. The van der Waals surface area contributed by atoms with Gasteiger partial charge in [0, 0.05) is 0 Å². The molecule has 0 bridgehead atoms. The molecular formula is C17H22N4. The van der Waals surface area contributed by atoms with Crippen LogP contribution in [0.15, 0.2) is 30.3 Å². The molecule has 0 spiro atoms. The molecule has 1 atom stereocenters. The van der Waals surface area contributed by atoms with Gasteiger partial charge in [-0.2, -0.15) is 10.2 Å². The summed E-state index contributed by atoms with van der Waals surface area (Å²) in [6.45, 7) is 3.93. The van der Waals surface area contributed by atoms with Crippen LogP contribution in [0.5, 0.6) is 0 Å². The Morgan fingerprint density at radius 1 is 1.19 bits per heavy atom. The van der Waals surface area contributed by atoms with Crippen molar-refractivity contribution < 1.29 is 0 Å². The van der Waals surface area contributed by atoms with Crippen molar-refractivity contribution in [2.24, 2.45) is 5.84 Å². The van der Waals surface area contributed by atoms with Gasteiger partial charge in [0.1, 0.15) is 0 Å². The second-order valence-corrected chi connectivity index (χ2v) is 5.92. The molecule has 2 aromatic rings. The lowest BCUT2D eigenvalue weighted by Crippen LogP contribution is -2.30. The molecule has 1 saturated carbocycles. The SMILES string of the molecule is Cc1cc(C(NN)c2cccc(C3CCC3)c2)c(C)nn1. The number of aryl methyl sites for hydroxylation is 2. The summed E-state index contributed by atoms with van der Waals surface area (Å²) in [6.07, 6.45) is 3.96. The number of hydrazine groups is 1. The van der Waals surface area contributed by atoms with Crippen molar-refractivity contribution in [1.82, 2.24) is 15.6 Å². The number of hydrogen-bond donors (Lipinski definition) is 2. The van der Waals surface area contributed by atoms with E-state index < -0.39 is 0 Å². The highest BCUT2D eigenvalue weighted by atomic mass is 15.2. The number of nitrogens with zero attached hydrogens (tertiary/aromatic N) is 2. The minimum atomic E-state index is -0.0424. The Balaban J connectivity index is 1.97. The molecule has 1 aromatic heterocycles. The van der Waals surface area contributed by atoms with E-state index in [1.165, 1.54) is 30.4 Å². The fraction of sp³-hybridized carbons (Fsp3) is 0.412. The van der Waals surface area contributed by atoms with E-state index in [4.69, 9.17) is 5.84 Å². The maximum atomic E-state index is 5.83. The number of nitrogens with one attached hydrogen (secondary N) is 1. The molecule has 1 aromatic carbocycles. The summed E-state index contributed by atoms with van der Waals surface area (Å²) in [7, 11) is 0. The van der Waals surface area contributed by atoms with Gasteiger partial charge in [0.2, 0.25) is 0 Å². The molecule has 1 fully saturated rings. The third-order valence-corrected chi connectivity index (χ3v) is 4.44. The van der Waals surface area contributed by atoms with E-state index in [9.17, 15) is 0 Å². The van der Waals surface area contributed by atoms with Crippen LogP contribution in [0.1, 0.15) is 59.3 Å². The molecule has 1 aliphatic carbocycles. The first-order chi connectivity index (χ1) is 10.2. The molecule has 1 aliphatic rings. The summed E-state index contributed by atoms with van der Waals surface area (Å²) < 4.78 is 0. The average Bonchev–Trinajstić information content (AvgIpc) is 2.42. The van der Waals surface area contributed by atoms with Crippen LogP contribution in [0.4, 0.5) is 0 Å². The average molecular weight is 282 g/mol. The number of rotatable bonds is 4. The van der Waals surface area contributed by atoms with Crippen LogP contribution in [0.2, 0.25) is 0 Å². The predicted octanol–water partition coefficient (Wildman–Crippen LogP) is 2.91. The molecule has 3 rings (SSSR count). The largest absolute Gasteiger partial charge is 0.271 e. The van der Waals surface area contributed by atoms with Crippen LogP contribution in [0.3, 0.4) is 0 Å². The van der Waals surface area contributed by atoms with Gasteiger partial charge in [-0.3, -0.25) is 5.84 Å². The van der Waals surface area contributed by atoms with Gasteiger partial charge in [0.15, 0.2) is 0 Å². The van der Waals surface area contributed by atoms with Crippen LogP contribution in [-0.4, -0.2) is 10.2 Å². The van der Waals surface area contributed by atoms with E-state index in [1.54, 1.807) is 0 Å². The predicted molar refractivity (Wildman–Crippen MR) is 83.7 cm³/mol. The molecule has 4 heteroatoms. The second kappa shape index (κ2) is 5.92. The van der Waals surface area contributed by atoms with Crippen LogP contribution >= 0.6 is 0 Å². The number of hydrogen-bond acceptors (Lipinski definition) is 4. The van der Waals surface area contributed by atoms with Crippen molar-refractivity contribution in [3.63, 3.8) is 0 Å². The Bertz CT molecular complexity index is 634. The van der Waals surface area contributed by atoms with Crippen molar-refractivity contribution in [1.29, 1.82) is 0 Å². The van der Waals surface area contributed by atoms with Gasteiger partial charge in [-0.1, -0.05) is 30.7 Å². The van der Waals surface area contributed by atoms with Crippen molar-refractivity contribution in [2.45, 2.75) is 45.1 Å². The van der Waals surface area contributed by atoms with E-state index >= 15 is 0 Å². The van der Waals surface area contributed by atoms with Gasteiger partial charge in [-0.25, -0.2) is 5.43 Å². The maximum Gasteiger partial charge on any atom is 0.0729 e. The highest BCUT2D eigenvalue weighted by Crippen LogP contribution is 2.37. The lowest BCUT2D eigenvalue weighted by atomic mass is 9.79. The van der Waals surface area contributed by atoms with Gasteiger partial charge >= 0.3 is 0 Å². The lowest BCUT2D eigenvalue weighted by molar-refractivity contribution is 0.419. The monoisotopic (exact) mass is 282 g/mol. The van der Waals surface area contributed by atoms with E-state index in [0.29, 0.717) is 0 Å². The summed E-state index contributed by atoms with van der Waals surface area (Å²) in [5, 5.41) is 8.31. The Hall–Kier alpha value is -1.78. The van der Waals surface area contributed by atoms with Crippen molar-refractivity contribution >= 4 is 0 Å². The number of aromatic nitrogens is 2. The molecule has 0 amide bonds. The number of nitrogens with two attached hydrogens (primary N) is 1. The zero-order chi connectivity index (χ0) is 14.8. The van der Waals surface area contributed by atoms with Gasteiger partial charge in [0.05, 0.1) is 17.4 Å². The topological polar surface area (TPSA) is 63.8 Å². The second-order valence-electron chi connectivity index (χ2n) is 5.92. The Morgan fingerprint density at radius 2 is 2.00 bits per heavy atom. The van der Waals surface area contributed by atoms with Gasteiger partial charge in [0.25, 0.3) is 0 Å². The summed E-state index contributed by atoms with van der Waals surface area (Å²) >= 11 is 0. The molecule has 0 radical (unpaired) electrons. The van der Waals surface area contributed by atoms with E-state index in [0.717, 1.165) is 22.9 Å². The molecule has 21 heavy (non-hydrogen) atoms. The third kappa shape index (κ3) is 2.82. The first-order valence-corrected chi connectivity index (χ1v) is 7.56. The standard InChI is InChI=1S/C17H22N4/c1-11-9-16(12(2)21-20-11)17(19-18)15-8-4-7-14(10-15)13-5-3-6-13/h4,7-10,13,17,19H,3,5-6,18H2,1-2H3. The zero-order valence-electron chi connectivity index (χ0n) is 12.6. The molecule has 4 nitrogen and oxygen atoms in total. The molecule has 1 unspecified atom stereocenters. The normalized spacial score (nSPS) is 16.5. The summed E-state index contributed by atoms with van der Waals surface area (Å²) in [5.74, 6) is 6.55. The summed E-state index contributed by atoms with van der Waals surface area (Å²) in [5.41, 5.74) is 8.47. The van der Waals surface area contributed by atoms with E-state index in [2.05, 4.69) is 46.0 Å². The molecule has 0 saturated heterocycles. The fourth-order valence-corrected chi connectivity index (χ4v) is 2.96. The molecular weight excluding hydrogens is 260 g/mol. The van der Waals surface area contributed by atoms with Crippen molar-refractivity contribution in [2.75, 3.05) is 0 Å². The van der Waals surface area contributed by atoms with E-state index in [-0.39, 0.29) is 6.04 Å². The highest BCUT2D eigenvalue weighted by molar-refractivity contribution is 5.37. The van der Waals surface area contributed by atoms with Gasteiger partial charge in [-0.15, -0.1) is 0 Å². The lowest BCUT2D eigenvalue weighted by Gasteiger charge is -2.27. The molecule has 0 aliphatic heterocycles. The number of benzene rings is 1. The molecule has 110 valence electrons. The fourth-order valence-electron chi connectivity index (χ4n) is 2.96. The quantitative estimate of drug-likeness (QED) is 0.668. The van der Waals surface area contributed by atoms with Crippen LogP contribution in [-0.2, 0) is 0 Å². The van der Waals surface area contributed by atoms with Gasteiger partial charge < -0.3 is 0 Å². The Kier molecular flexibility index (Phi) is 3.99. The first kappa shape index (κ1) is 14.2.